The Kier molecular flexibility index (Phi) is 6.20. The summed E-state index contributed by atoms with van der Waals surface area (Å²) in [7, 11) is 0. The maximum Gasteiger partial charge on any atom is 0.349 e. The first-order valence-corrected chi connectivity index (χ1v) is 10.8. The van der Waals surface area contributed by atoms with Crippen LogP contribution >= 0.6 is 31.9 Å². The van der Waals surface area contributed by atoms with E-state index in [1.54, 1.807) is 60.7 Å². The predicted molar refractivity (Wildman–Crippen MR) is 121 cm³/mol. The van der Waals surface area contributed by atoms with Crippen molar-refractivity contribution >= 4 is 55.2 Å². The molecule has 0 aliphatic carbocycles. The van der Waals surface area contributed by atoms with Crippen LogP contribution in [-0.4, -0.2) is 24.3 Å². The van der Waals surface area contributed by atoms with E-state index in [0.717, 1.165) is 4.47 Å². The second-order valence-corrected chi connectivity index (χ2v) is 8.46. The van der Waals surface area contributed by atoms with Gasteiger partial charge in [0, 0.05) is 10.0 Å². The summed E-state index contributed by atoms with van der Waals surface area (Å²) in [4.78, 5) is 38.6. The lowest BCUT2D eigenvalue weighted by atomic mass is 10.1. The van der Waals surface area contributed by atoms with Crippen LogP contribution in [0.3, 0.4) is 0 Å². The first-order valence-electron chi connectivity index (χ1n) is 9.25. The molecule has 156 valence electrons. The van der Waals surface area contributed by atoms with Gasteiger partial charge in [0.05, 0.1) is 22.3 Å². The average Bonchev–Trinajstić information content (AvgIpc) is 3.00. The summed E-state index contributed by atoms with van der Waals surface area (Å²) in [6.45, 7) is -0.225. The van der Waals surface area contributed by atoms with Crippen molar-refractivity contribution in [3.63, 3.8) is 0 Å². The number of carbonyl (C=O) groups excluding carboxylic acids is 3. The molecule has 0 bridgehead atoms. The molecule has 3 aromatic carbocycles. The van der Waals surface area contributed by atoms with Crippen molar-refractivity contribution in [2.45, 2.75) is 6.54 Å². The Hall–Kier alpha value is -2.97. The molecule has 0 aromatic heterocycles. The molecule has 3 aromatic rings. The van der Waals surface area contributed by atoms with Crippen LogP contribution in [0.25, 0.3) is 0 Å². The molecule has 0 spiro atoms. The molecule has 0 radical (unpaired) electrons. The Morgan fingerprint density at radius 2 is 1.65 bits per heavy atom. The maximum absolute atomic E-state index is 12.6. The zero-order valence-electron chi connectivity index (χ0n) is 16.0. The molecule has 1 aliphatic heterocycles. The first-order chi connectivity index (χ1) is 14.9. The number of amides is 1. The number of fused-ring (bicyclic) bond motifs is 1. The highest BCUT2D eigenvalue weighted by Gasteiger charge is 2.36. The van der Waals surface area contributed by atoms with Gasteiger partial charge >= 0.3 is 5.97 Å². The van der Waals surface area contributed by atoms with E-state index in [1.165, 1.54) is 4.90 Å². The number of rotatable bonds is 6. The summed E-state index contributed by atoms with van der Waals surface area (Å²) in [5.41, 5.74) is 1.43. The van der Waals surface area contributed by atoms with Crippen molar-refractivity contribution in [2.24, 2.45) is 0 Å². The number of ether oxygens (including phenoxy) is 2. The molecular weight excluding hydrogens is 530 g/mol. The Balaban J connectivity index is 1.57. The number of esters is 1. The lowest BCUT2D eigenvalue weighted by molar-refractivity contribution is -0.136. The van der Waals surface area contributed by atoms with Crippen LogP contribution < -0.4 is 14.4 Å². The summed E-state index contributed by atoms with van der Waals surface area (Å²) in [5.74, 6) is -0.972. The van der Waals surface area contributed by atoms with Crippen molar-refractivity contribution in [3.8, 4) is 11.5 Å². The molecule has 1 aliphatic rings. The number of nitrogens with zero attached hydrogens (tertiary/aromatic N) is 1. The van der Waals surface area contributed by atoms with Gasteiger partial charge in [0.2, 0.25) is 0 Å². The number of hydrogen-bond donors (Lipinski definition) is 0. The minimum atomic E-state index is -0.623. The van der Waals surface area contributed by atoms with Crippen LogP contribution in [0, 0.1) is 0 Å². The molecule has 31 heavy (non-hydrogen) atoms. The molecule has 0 fully saturated rings. The molecule has 4 rings (SSSR count). The van der Waals surface area contributed by atoms with Crippen LogP contribution in [0.15, 0.2) is 75.7 Å². The van der Waals surface area contributed by atoms with E-state index in [2.05, 4.69) is 31.9 Å². The lowest BCUT2D eigenvalue weighted by Gasteiger charge is -2.20. The smallest absolute Gasteiger partial charge is 0.349 e. The molecule has 1 heterocycles. The number of carbonyl (C=O) groups is 3. The second kappa shape index (κ2) is 9.03. The minimum absolute atomic E-state index is 0.0573. The van der Waals surface area contributed by atoms with Gasteiger partial charge in [-0.15, -0.1) is 0 Å². The molecule has 6 nitrogen and oxygen atoms in total. The topological polar surface area (TPSA) is 72.9 Å². The van der Waals surface area contributed by atoms with Gasteiger partial charge < -0.3 is 14.4 Å². The largest absolute Gasteiger partial charge is 0.482 e. The molecule has 0 saturated heterocycles. The van der Waals surface area contributed by atoms with Gasteiger partial charge in [0.1, 0.15) is 11.5 Å². The van der Waals surface area contributed by atoms with E-state index in [-0.39, 0.29) is 18.9 Å². The van der Waals surface area contributed by atoms with E-state index in [1.807, 2.05) is 6.07 Å². The summed E-state index contributed by atoms with van der Waals surface area (Å²) < 4.78 is 12.3. The Bertz CT molecular complexity index is 1180. The fourth-order valence-electron chi connectivity index (χ4n) is 3.22. The van der Waals surface area contributed by atoms with Gasteiger partial charge in [-0.1, -0.05) is 46.3 Å². The Labute approximate surface area is 195 Å². The van der Waals surface area contributed by atoms with Crippen LogP contribution in [0.1, 0.15) is 15.9 Å². The standard InChI is InChI=1S/C23H15Br2NO5/c24-15-10-14(12-26-19-9-5-4-8-17(19)21(28)23(26)29)22(18(25)11-15)31-20(27)13-30-16-6-2-1-3-7-16/h1-11H,12-13H2. The molecule has 1 amide bonds. The Morgan fingerprint density at radius 1 is 0.935 bits per heavy atom. The molecular formula is C23H15Br2NO5. The van der Waals surface area contributed by atoms with E-state index in [4.69, 9.17) is 9.47 Å². The van der Waals surface area contributed by atoms with Gasteiger partial charge in [-0.2, -0.15) is 0 Å². The fraction of sp³-hybridized carbons (Fsp3) is 0.0870. The molecule has 0 saturated carbocycles. The number of Topliss-reactive ketones (excluding diaryl/α,β-unsaturated/α-hetero) is 1. The van der Waals surface area contributed by atoms with Gasteiger partial charge in [0.25, 0.3) is 11.7 Å². The number of hydrogen-bond acceptors (Lipinski definition) is 5. The highest BCUT2D eigenvalue weighted by atomic mass is 79.9. The van der Waals surface area contributed by atoms with E-state index in [9.17, 15) is 14.4 Å². The van der Waals surface area contributed by atoms with Crippen LogP contribution in [0.5, 0.6) is 11.5 Å². The monoisotopic (exact) mass is 543 g/mol. The normalized spacial score (nSPS) is 12.6. The number of para-hydroxylation sites is 2. The summed E-state index contributed by atoms with van der Waals surface area (Å²) in [6.07, 6.45) is 0. The minimum Gasteiger partial charge on any atom is -0.482 e. The van der Waals surface area contributed by atoms with Gasteiger partial charge in [-0.3, -0.25) is 9.59 Å². The van der Waals surface area contributed by atoms with Gasteiger partial charge in [-0.25, -0.2) is 4.79 Å². The Morgan fingerprint density at radius 3 is 2.42 bits per heavy atom. The highest BCUT2D eigenvalue weighted by Crippen LogP contribution is 2.37. The molecule has 8 heteroatoms. The average molecular weight is 545 g/mol. The van der Waals surface area contributed by atoms with Gasteiger partial charge in [0.15, 0.2) is 6.61 Å². The third-order valence-electron chi connectivity index (χ3n) is 4.61. The predicted octanol–water partition coefficient (Wildman–Crippen LogP) is 4.93. The number of halogens is 2. The van der Waals surface area contributed by atoms with Crippen molar-refractivity contribution in [2.75, 3.05) is 11.5 Å². The van der Waals surface area contributed by atoms with Crippen molar-refractivity contribution < 1.29 is 23.9 Å². The third kappa shape index (κ3) is 4.55. The third-order valence-corrected chi connectivity index (χ3v) is 5.66. The summed E-state index contributed by atoms with van der Waals surface area (Å²) >= 11 is 6.83. The summed E-state index contributed by atoms with van der Waals surface area (Å²) in [5, 5.41) is 0. The van der Waals surface area contributed by atoms with Crippen LogP contribution in [-0.2, 0) is 16.1 Å². The quantitative estimate of drug-likeness (QED) is 0.250. The highest BCUT2D eigenvalue weighted by molar-refractivity contribution is 9.11. The number of anilines is 1. The van der Waals surface area contributed by atoms with Crippen LogP contribution in [0.4, 0.5) is 5.69 Å². The molecule has 0 N–H and O–H groups in total. The van der Waals surface area contributed by atoms with Crippen molar-refractivity contribution in [3.05, 3.63) is 86.8 Å². The number of ketones is 1. The number of benzene rings is 3. The van der Waals surface area contributed by atoms with Crippen molar-refractivity contribution in [1.29, 1.82) is 0 Å². The second-order valence-electron chi connectivity index (χ2n) is 6.69. The molecule has 0 atom stereocenters. The van der Waals surface area contributed by atoms with E-state index >= 15 is 0 Å². The van der Waals surface area contributed by atoms with Crippen LogP contribution in [0.2, 0.25) is 0 Å². The van der Waals surface area contributed by atoms with E-state index in [0.29, 0.717) is 27.0 Å². The lowest BCUT2D eigenvalue weighted by Crippen LogP contribution is -2.29. The zero-order chi connectivity index (χ0) is 22.0. The first kappa shape index (κ1) is 21.3. The molecule has 0 unspecified atom stereocenters. The SMILES string of the molecule is O=C(COc1ccccc1)Oc1c(Br)cc(Br)cc1CN1C(=O)C(=O)c2ccccc21. The fourth-order valence-corrected chi connectivity index (χ4v) is 4.62. The summed E-state index contributed by atoms with van der Waals surface area (Å²) in [6, 6.07) is 19.2. The van der Waals surface area contributed by atoms with Gasteiger partial charge in [-0.05, 0) is 52.3 Å². The zero-order valence-corrected chi connectivity index (χ0v) is 19.2. The maximum atomic E-state index is 12.6. The van der Waals surface area contributed by atoms with Crippen molar-refractivity contribution in [1.82, 2.24) is 0 Å². The van der Waals surface area contributed by atoms with E-state index < -0.39 is 17.7 Å².